The van der Waals surface area contributed by atoms with Gasteiger partial charge < -0.3 is 4.90 Å². The largest absolute Gasteiger partial charge is 0.300 e. The second-order valence-electron chi connectivity index (χ2n) is 8.01. The molecule has 2 heterocycles. The molecule has 2 nitrogen and oxygen atoms in total. The first-order valence-electron chi connectivity index (χ1n) is 9.81. The summed E-state index contributed by atoms with van der Waals surface area (Å²) < 4.78 is 0. The van der Waals surface area contributed by atoms with Crippen molar-refractivity contribution in [3.8, 4) is 0 Å². The second kappa shape index (κ2) is 6.57. The number of hydrogen-bond donors (Lipinski definition) is 0. The molecular weight excluding hydrogens is 280 g/mol. The highest BCUT2D eigenvalue weighted by molar-refractivity contribution is 5.43. The average molecular weight is 313 g/mol. The van der Waals surface area contributed by atoms with E-state index in [-0.39, 0.29) is 0 Å². The average Bonchev–Trinajstić information content (AvgIpc) is 3.13. The first-order chi connectivity index (χ1) is 11.2. The van der Waals surface area contributed by atoms with Crippen LogP contribution in [0.5, 0.6) is 0 Å². The summed E-state index contributed by atoms with van der Waals surface area (Å²) in [6, 6.07) is 6.24. The summed E-state index contributed by atoms with van der Waals surface area (Å²) in [5.74, 6) is 0. The third-order valence-corrected chi connectivity index (χ3v) is 6.64. The van der Waals surface area contributed by atoms with Gasteiger partial charge in [-0.3, -0.25) is 4.90 Å². The van der Waals surface area contributed by atoms with Gasteiger partial charge in [0.25, 0.3) is 0 Å². The van der Waals surface area contributed by atoms with Crippen LogP contribution in [0.1, 0.15) is 66.8 Å². The third kappa shape index (κ3) is 2.96. The predicted octanol–water partition coefficient (Wildman–Crippen LogP) is 4.24. The van der Waals surface area contributed by atoms with Crippen molar-refractivity contribution in [1.82, 2.24) is 9.80 Å². The number of fused-ring (bicyclic) bond motifs is 1. The second-order valence-corrected chi connectivity index (χ2v) is 8.01. The molecule has 0 radical (unpaired) electrons. The smallest absolute Gasteiger partial charge is 0.0353 e. The van der Waals surface area contributed by atoms with Crippen LogP contribution in [0.4, 0.5) is 0 Å². The van der Waals surface area contributed by atoms with E-state index in [9.17, 15) is 0 Å². The van der Waals surface area contributed by atoms with Gasteiger partial charge in [-0.05, 0) is 94.1 Å². The maximum absolute atomic E-state index is 2.82. The summed E-state index contributed by atoms with van der Waals surface area (Å²) in [6.45, 7) is 9.95. The lowest BCUT2D eigenvalue weighted by Gasteiger charge is -2.43. The first kappa shape index (κ1) is 15.7. The lowest BCUT2D eigenvalue weighted by molar-refractivity contribution is 0.0885. The van der Waals surface area contributed by atoms with Crippen LogP contribution in [0.3, 0.4) is 0 Å². The van der Waals surface area contributed by atoms with Crippen LogP contribution in [0.2, 0.25) is 0 Å². The molecule has 0 aromatic heterocycles. The lowest BCUT2D eigenvalue weighted by atomic mass is 9.81. The van der Waals surface area contributed by atoms with Gasteiger partial charge in [0.05, 0.1) is 0 Å². The minimum atomic E-state index is 0.693. The molecule has 4 rings (SSSR count). The fraction of sp³-hybridized carbons (Fsp3) is 0.714. The van der Waals surface area contributed by atoms with Crippen LogP contribution in [-0.4, -0.2) is 42.0 Å². The van der Waals surface area contributed by atoms with Gasteiger partial charge >= 0.3 is 0 Å². The van der Waals surface area contributed by atoms with Crippen molar-refractivity contribution < 1.29 is 0 Å². The topological polar surface area (TPSA) is 6.48 Å². The molecule has 126 valence electrons. The zero-order valence-corrected chi connectivity index (χ0v) is 15.0. The minimum absolute atomic E-state index is 0.693. The van der Waals surface area contributed by atoms with Crippen molar-refractivity contribution in [2.24, 2.45) is 0 Å². The van der Waals surface area contributed by atoms with E-state index in [4.69, 9.17) is 0 Å². The molecule has 23 heavy (non-hydrogen) atoms. The standard InChI is InChI=1S/C21H32N2/c1-16-8-9-17(2)21-19(16)6-5-7-20(21)23-14-10-18(11-15-23)22-12-3-4-13-22/h8-9,18,20H,3-7,10-15H2,1-2H3/t20-/m1/s1. The molecule has 0 unspecified atom stereocenters. The molecule has 2 heteroatoms. The maximum Gasteiger partial charge on any atom is 0.0353 e. The van der Waals surface area contributed by atoms with Crippen molar-refractivity contribution in [2.45, 2.75) is 70.9 Å². The number of rotatable bonds is 2. The van der Waals surface area contributed by atoms with Gasteiger partial charge in [-0.2, -0.15) is 0 Å². The summed E-state index contributed by atoms with van der Waals surface area (Å²) in [5.41, 5.74) is 6.40. The Morgan fingerprint density at radius 2 is 1.48 bits per heavy atom. The van der Waals surface area contributed by atoms with Gasteiger partial charge in [-0.15, -0.1) is 0 Å². The summed E-state index contributed by atoms with van der Waals surface area (Å²) in [7, 11) is 0. The van der Waals surface area contributed by atoms with Crippen LogP contribution in [0.15, 0.2) is 12.1 Å². The van der Waals surface area contributed by atoms with Crippen molar-refractivity contribution in [3.63, 3.8) is 0 Å². The Balaban J connectivity index is 1.49. The number of likely N-dealkylation sites (tertiary alicyclic amines) is 2. The highest BCUT2D eigenvalue weighted by Gasteiger charge is 2.32. The summed E-state index contributed by atoms with van der Waals surface area (Å²) in [6.07, 6.45) is 9.65. The van der Waals surface area contributed by atoms with E-state index in [1.807, 2.05) is 0 Å². The molecule has 3 aliphatic rings. The molecule has 1 atom stereocenters. The zero-order valence-electron chi connectivity index (χ0n) is 15.0. The van der Waals surface area contributed by atoms with E-state index >= 15 is 0 Å². The molecule has 1 aliphatic carbocycles. The molecule has 0 spiro atoms. The van der Waals surface area contributed by atoms with Crippen LogP contribution in [-0.2, 0) is 6.42 Å². The van der Waals surface area contributed by atoms with E-state index in [2.05, 4.69) is 35.8 Å². The molecule has 1 aromatic rings. The summed E-state index contributed by atoms with van der Waals surface area (Å²) in [5, 5.41) is 0. The van der Waals surface area contributed by atoms with Gasteiger partial charge in [0.1, 0.15) is 0 Å². The van der Waals surface area contributed by atoms with Gasteiger partial charge in [-0.1, -0.05) is 12.1 Å². The quantitative estimate of drug-likeness (QED) is 0.806. The van der Waals surface area contributed by atoms with E-state index < -0.39 is 0 Å². The Bertz CT molecular complexity index is 551. The Morgan fingerprint density at radius 1 is 0.783 bits per heavy atom. The number of benzene rings is 1. The molecule has 0 saturated carbocycles. The predicted molar refractivity (Wildman–Crippen MR) is 97.0 cm³/mol. The molecule has 2 fully saturated rings. The summed E-state index contributed by atoms with van der Waals surface area (Å²) in [4.78, 5) is 5.58. The molecule has 2 saturated heterocycles. The summed E-state index contributed by atoms with van der Waals surface area (Å²) >= 11 is 0. The molecular formula is C21H32N2. The first-order valence-corrected chi connectivity index (χ1v) is 9.81. The Morgan fingerprint density at radius 3 is 2.22 bits per heavy atom. The molecule has 0 bridgehead atoms. The monoisotopic (exact) mass is 312 g/mol. The van der Waals surface area contributed by atoms with Crippen LogP contribution < -0.4 is 0 Å². The van der Waals surface area contributed by atoms with Crippen molar-refractivity contribution >= 4 is 0 Å². The molecule has 0 amide bonds. The highest BCUT2D eigenvalue weighted by atomic mass is 15.2. The molecule has 2 aliphatic heterocycles. The van der Waals surface area contributed by atoms with Gasteiger partial charge in [0.2, 0.25) is 0 Å². The van der Waals surface area contributed by atoms with E-state index in [0.29, 0.717) is 6.04 Å². The van der Waals surface area contributed by atoms with Crippen LogP contribution in [0, 0.1) is 13.8 Å². The Kier molecular flexibility index (Phi) is 4.47. The number of piperidine rings is 1. The maximum atomic E-state index is 2.82. The number of hydrogen-bond acceptors (Lipinski definition) is 2. The van der Waals surface area contributed by atoms with Gasteiger partial charge in [0.15, 0.2) is 0 Å². The van der Waals surface area contributed by atoms with Crippen LogP contribution >= 0.6 is 0 Å². The van der Waals surface area contributed by atoms with E-state index in [1.165, 1.54) is 82.3 Å². The minimum Gasteiger partial charge on any atom is -0.300 e. The van der Waals surface area contributed by atoms with Gasteiger partial charge in [-0.25, -0.2) is 0 Å². The fourth-order valence-corrected chi connectivity index (χ4v) is 5.34. The fourth-order valence-electron chi connectivity index (χ4n) is 5.34. The third-order valence-electron chi connectivity index (χ3n) is 6.64. The molecule has 0 N–H and O–H groups in total. The van der Waals surface area contributed by atoms with Crippen molar-refractivity contribution in [3.05, 3.63) is 34.4 Å². The highest BCUT2D eigenvalue weighted by Crippen LogP contribution is 2.39. The Hall–Kier alpha value is -0.860. The lowest BCUT2D eigenvalue weighted by Crippen LogP contribution is -2.45. The van der Waals surface area contributed by atoms with Crippen molar-refractivity contribution in [2.75, 3.05) is 26.2 Å². The van der Waals surface area contributed by atoms with Gasteiger partial charge in [0, 0.05) is 25.2 Å². The number of nitrogens with zero attached hydrogens (tertiary/aromatic N) is 2. The van der Waals surface area contributed by atoms with E-state index in [0.717, 1.165) is 6.04 Å². The zero-order chi connectivity index (χ0) is 15.8. The van der Waals surface area contributed by atoms with Crippen molar-refractivity contribution in [1.29, 1.82) is 0 Å². The normalized spacial score (nSPS) is 27.3. The SMILES string of the molecule is Cc1ccc(C)c2c1CCC[C@H]2N1CCC(N2CCCC2)CC1. The van der Waals surface area contributed by atoms with Crippen LogP contribution in [0.25, 0.3) is 0 Å². The number of aryl methyl sites for hydroxylation is 2. The van der Waals surface area contributed by atoms with E-state index in [1.54, 1.807) is 11.1 Å². The molecule has 1 aromatic carbocycles. The Labute approximate surface area is 141 Å².